The van der Waals surface area contributed by atoms with Crippen molar-refractivity contribution in [2.45, 2.75) is 0 Å². The first-order chi connectivity index (χ1) is 2.00. The Morgan fingerprint density at radius 2 is 1.12 bits per heavy atom. The largest absolute Gasteiger partial charge is 0.0149 e. The molecule has 0 saturated carbocycles. The van der Waals surface area contributed by atoms with Gasteiger partial charge in [0.15, 0.2) is 0 Å². The van der Waals surface area contributed by atoms with Gasteiger partial charge in [0.25, 0.3) is 0 Å². The fraction of sp³-hybridized carbons (Fsp3) is 0. The molecule has 4 nitrogen and oxygen atoms in total. The SMILES string of the molecule is O=P(O)(O)O.[GeH4].[LiH].[SiH4]. The van der Waals surface area contributed by atoms with Crippen LogP contribution < -0.4 is 0 Å². The summed E-state index contributed by atoms with van der Waals surface area (Å²) in [6.45, 7) is 0. The summed E-state index contributed by atoms with van der Waals surface area (Å²) >= 11 is 0. The Kier molecular flexibility index (Phi) is 24.0. The normalized spacial score (nSPS) is 7.38. The van der Waals surface area contributed by atoms with Crippen molar-refractivity contribution in [1.82, 2.24) is 0 Å². The van der Waals surface area contributed by atoms with E-state index in [0.717, 1.165) is 0 Å². The number of hydrogen-bond acceptors (Lipinski definition) is 1. The van der Waals surface area contributed by atoms with E-state index in [-0.39, 0.29) is 47.4 Å². The molecule has 0 aliphatic heterocycles. The van der Waals surface area contributed by atoms with Crippen molar-refractivity contribution in [2.24, 2.45) is 0 Å². The number of rotatable bonds is 0. The maximum absolute atomic E-state index is 8.88. The Hall–Kier alpha value is 1.47. The predicted octanol–water partition coefficient (Wildman–Crippen LogP) is -4.48. The number of hydrogen-bond donors (Lipinski definition) is 3. The summed E-state index contributed by atoms with van der Waals surface area (Å²) in [5.41, 5.74) is 0. The van der Waals surface area contributed by atoms with E-state index in [2.05, 4.69) is 0 Å². The van der Waals surface area contributed by atoms with E-state index in [0.29, 0.717) is 0 Å². The Labute approximate surface area is 74.5 Å². The summed E-state index contributed by atoms with van der Waals surface area (Å²) in [5.74, 6) is 0. The molecule has 0 spiro atoms. The summed E-state index contributed by atoms with van der Waals surface area (Å²) in [6.07, 6.45) is 0. The van der Waals surface area contributed by atoms with Crippen molar-refractivity contribution < 1.29 is 19.2 Å². The molecule has 0 amide bonds. The van der Waals surface area contributed by atoms with Gasteiger partial charge in [-0.1, -0.05) is 0 Å². The molecule has 8 heavy (non-hydrogen) atoms. The van der Waals surface area contributed by atoms with Gasteiger partial charge in [-0.2, -0.15) is 0 Å². The van der Waals surface area contributed by atoms with Gasteiger partial charge in [0.2, 0.25) is 0 Å². The van der Waals surface area contributed by atoms with Gasteiger partial charge in [-0.05, 0) is 11.0 Å². The van der Waals surface area contributed by atoms with Crippen LogP contribution in [0.4, 0.5) is 0 Å². The van der Waals surface area contributed by atoms with E-state index < -0.39 is 7.82 Å². The zero-order valence-corrected chi connectivity index (χ0v) is 3.09. The van der Waals surface area contributed by atoms with Crippen LogP contribution in [-0.4, -0.2) is 62.1 Å². The maximum atomic E-state index is 8.88. The molecule has 0 saturated heterocycles. The van der Waals surface area contributed by atoms with Gasteiger partial charge in [-0.15, -0.1) is 0 Å². The second-order valence-corrected chi connectivity index (χ2v) is 1.54. The molecule has 0 fully saturated rings. The first kappa shape index (κ1) is 22.7. The molecular weight excluding hydrogens is 203 g/mol. The third-order valence-corrected chi connectivity index (χ3v) is 0. The molecule has 0 heterocycles. The van der Waals surface area contributed by atoms with Gasteiger partial charge in [0.1, 0.15) is 0 Å². The van der Waals surface area contributed by atoms with Gasteiger partial charge in [0.05, 0.1) is 0 Å². The molecule has 8 heteroatoms. The van der Waals surface area contributed by atoms with Crippen LogP contribution in [0.15, 0.2) is 0 Å². The van der Waals surface area contributed by atoms with Gasteiger partial charge in [0, 0.05) is 0 Å². The average Bonchev–Trinajstić information content (AvgIpc) is 0.722. The maximum Gasteiger partial charge on any atom is -0.0149 e. The molecule has 0 bridgehead atoms. The summed E-state index contributed by atoms with van der Waals surface area (Å²) in [6, 6.07) is 0. The second kappa shape index (κ2) is 8.47. The van der Waals surface area contributed by atoms with Crippen LogP contribution in [0.3, 0.4) is 0 Å². The van der Waals surface area contributed by atoms with Crippen molar-refractivity contribution in [3.05, 3.63) is 0 Å². The molecule has 50 valence electrons. The van der Waals surface area contributed by atoms with Crippen molar-refractivity contribution in [3.63, 3.8) is 0 Å². The topological polar surface area (TPSA) is 77.8 Å². The van der Waals surface area contributed by atoms with E-state index >= 15 is 0 Å². The third-order valence-electron chi connectivity index (χ3n) is 0. The molecule has 0 rings (SSSR count). The molecule has 0 unspecified atom stereocenters. The van der Waals surface area contributed by atoms with Crippen molar-refractivity contribution >= 4 is 55.2 Å². The summed E-state index contributed by atoms with van der Waals surface area (Å²) < 4.78 is 8.88. The van der Waals surface area contributed by atoms with E-state index in [1.54, 1.807) is 0 Å². The number of phosphoric acid groups is 1. The van der Waals surface area contributed by atoms with Crippen molar-refractivity contribution in [1.29, 1.82) is 0 Å². The van der Waals surface area contributed by atoms with Gasteiger partial charge < -0.3 is 14.7 Å². The molecule has 3 N–H and O–H groups in total. The average molecular weight is 215 g/mol. The van der Waals surface area contributed by atoms with Crippen LogP contribution in [0.5, 0.6) is 0 Å². The van der Waals surface area contributed by atoms with Gasteiger partial charge in [-0.3, -0.25) is 0 Å². The molecule has 0 radical (unpaired) electrons. The minimum absolute atomic E-state index is 0. The van der Waals surface area contributed by atoms with Gasteiger partial charge >= 0.3 is 44.3 Å². The molecule has 0 aromatic carbocycles. The predicted molar refractivity (Wildman–Crippen MR) is 44.1 cm³/mol. The van der Waals surface area contributed by atoms with Crippen molar-refractivity contribution in [3.8, 4) is 0 Å². The molecule has 0 aromatic heterocycles. The zero-order valence-electron chi connectivity index (χ0n) is 2.20. The Morgan fingerprint density at radius 3 is 1.12 bits per heavy atom. The molecule has 0 aliphatic carbocycles. The standard InChI is InChI=1S/GeH4.Li.H3O4P.H4Si.H/c;;1-5(2,3)4;;/h1H4;;(H3,1,2,3,4);1H4;. The van der Waals surface area contributed by atoms with Crippen LogP contribution in [0.2, 0.25) is 0 Å². The molecule has 0 aromatic rings. The third kappa shape index (κ3) is 145. The molecular formula is H12GeLiO4PSi. The fourth-order valence-corrected chi connectivity index (χ4v) is 0. The molecule has 0 atom stereocenters. The monoisotopic (exact) mass is 216 g/mol. The Morgan fingerprint density at radius 1 is 1.12 bits per heavy atom. The van der Waals surface area contributed by atoms with Crippen molar-refractivity contribution in [2.75, 3.05) is 0 Å². The quantitative estimate of drug-likeness (QED) is 0.281. The van der Waals surface area contributed by atoms with Crippen LogP contribution >= 0.6 is 7.82 Å². The van der Waals surface area contributed by atoms with E-state index in [1.807, 2.05) is 0 Å². The second-order valence-electron chi connectivity index (χ2n) is 0.513. The minimum Gasteiger partial charge on any atom is -0.0149 e. The Balaban J connectivity index is -0.0000000267. The smallest absolute Gasteiger partial charge is 0.0149 e. The van der Waals surface area contributed by atoms with Crippen LogP contribution in [0, 0.1) is 0 Å². The van der Waals surface area contributed by atoms with Gasteiger partial charge in [-0.25, -0.2) is 4.57 Å². The summed E-state index contributed by atoms with van der Waals surface area (Å²) in [5, 5.41) is 0. The fourth-order valence-electron chi connectivity index (χ4n) is 0. The first-order valence-corrected chi connectivity index (χ1v) is 2.35. The summed E-state index contributed by atoms with van der Waals surface area (Å²) in [4.78, 5) is 21.6. The van der Waals surface area contributed by atoms with Crippen LogP contribution in [0.25, 0.3) is 0 Å². The minimum atomic E-state index is -4.64. The van der Waals surface area contributed by atoms with Crippen LogP contribution in [0.1, 0.15) is 0 Å². The van der Waals surface area contributed by atoms with E-state index in [9.17, 15) is 0 Å². The first-order valence-electron chi connectivity index (χ1n) is 0.783. The molecule has 0 aliphatic rings. The Bertz CT molecular complexity index is 62.2. The van der Waals surface area contributed by atoms with E-state index in [1.165, 1.54) is 0 Å². The van der Waals surface area contributed by atoms with E-state index in [4.69, 9.17) is 19.2 Å². The van der Waals surface area contributed by atoms with Crippen LogP contribution in [-0.2, 0) is 4.57 Å². The summed E-state index contributed by atoms with van der Waals surface area (Å²) in [7, 11) is -4.64. The zero-order chi connectivity index (χ0) is 4.50.